The zero-order valence-corrected chi connectivity index (χ0v) is 59.1. The average Bonchev–Trinajstić information content (AvgIpc) is 1.63. The van der Waals surface area contributed by atoms with Crippen LogP contribution >= 0.6 is 23.5 Å². The van der Waals surface area contributed by atoms with Crippen molar-refractivity contribution in [1.82, 2.24) is 67.4 Å². The van der Waals surface area contributed by atoms with Crippen LogP contribution in [-0.4, -0.2) is 180 Å². The molecular weight excluding hydrogens is 1380 g/mol. The van der Waals surface area contributed by atoms with E-state index in [1.807, 2.05) is 24.3 Å². The molecule has 2 aliphatic rings. The number of carboxylic acids is 1. The highest BCUT2D eigenvalue weighted by atomic mass is 32.2. The Balaban J connectivity index is 1.07. The number of H-pyrrole nitrogens is 3. The summed E-state index contributed by atoms with van der Waals surface area (Å²) in [6.45, 7) is 2.91. The summed E-state index contributed by atoms with van der Waals surface area (Å²) in [5, 5.41) is 43.5. The Morgan fingerprint density at radius 3 is 1.94 bits per heavy atom. The number of carboxylic acid groups (broad SMARTS) is 1. The molecule has 7 aromatic rings. The number of nitrogens with two attached hydrogens (primary N) is 2. The number of aromatic hydroxyl groups is 1. The summed E-state index contributed by atoms with van der Waals surface area (Å²) < 4.78 is 29.9. The van der Waals surface area contributed by atoms with E-state index in [1.165, 1.54) is 102 Å². The highest BCUT2D eigenvalue weighted by Crippen LogP contribution is 2.39. The van der Waals surface area contributed by atoms with Gasteiger partial charge in [0, 0.05) is 125 Å². The Morgan fingerprint density at radius 2 is 1.33 bits per heavy atom. The summed E-state index contributed by atoms with van der Waals surface area (Å²) in [4.78, 5) is 158. The lowest BCUT2D eigenvalue weighted by atomic mass is 9.75. The van der Waals surface area contributed by atoms with Crippen LogP contribution in [0, 0.1) is 35.3 Å². The molecule has 9 rings (SSSR count). The van der Waals surface area contributed by atoms with E-state index < -0.39 is 150 Å². The molecule has 27 nitrogen and oxygen atoms in total. The molecule has 0 spiro atoms. The standard InChI is InChI=1S/C73H87F2N15O12S2/c1-4-73(2,3)53-19-22-90-65(53)71(101)89-61(66(77)96)39-104-38-43-9-7-8-42(24-43)37-103-23-20-62(92)85-56(10-5-6-21-76)67(97)82-36-63(93)86-57(26-44-32-79-54-17-13-46(74)28-51(44)54)69(99)87-58(27-45-33-80-55-18-14-47(75)29-52(45)55)70(100)88-59(31-64(94)95)68(98)84-49(30-48-34-78-40-83-48)35-81-60(72(90)102)25-41-11-15-50(91)16-12-41/h1,7-9,11-18,24,28-29,32-34,40,49,53,56-61,65,79-81,91H,5-6,10,19-23,25-27,30-31,35-39,76H2,2-3H3,(H2,77,96)(H,78,83)(H,82,97)(H,84,98)(H,85,92)(H,86,93)(H,87,99)(H,88,100)(H,89,101)(H,94,95)/t49-,53-,56-,57-,58-,59-,60-,61-,65-/m0/s1. The quantitative estimate of drug-likeness (QED) is 0.0488. The van der Waals surface area contributed by atoms with Gasteiger partial charge in [-0.25, -0.2) is 13.8 Å². The molecule has 31 heteroatoms. The van der Waals surface area contributed by atoms with Crippen LogP contribution in [0.1, 0.15) is 85.9 Å². The second-order valence-corrected chi connectivity index (χ2v) is 28.7. The monoisotopic (exact) mass is 1470 g/mol. The SMILES string of the molecule is C#CC(C)(C)[C@H]1CCN2C(=O)[C@H](Cc3ccc(O)cc3)NC[C@H](Cc3cnc[nH]3)NC(=O)[C@H](CC(=O)O)NC(=O)[C@H](Cc3c[nH]c4ccc(F)cc34)NC(=O)[C@H](Cc3c[nH]c4ccc(F)cc34)NC(=O)CNC(=O)[C@H](CCCCN)NC(=O)CCSCc3cccc(c3)CSC[C@@H](C(N)=O)NC(=O)[C@H]12. The van der Waals surface area contributed by atoms with Crippen LogP contribution in [0.25, 0.3) is 21.8 Å². The Morgan fingerprint density at radius 1 is 0.702 bits per heavy atom. The number of hydrogen-bond acceptors (Lipinski definition) is 16. The summed E-state index contributed by atoms with van der Waals surface area (Å²) in [5.41, 5.74) is 15.2. The van der Waals surface area contributed by atoms with Gasteiger partial charge in [0.2, 0.25) is 53.2 Å². The number of halogens is 2. The lowest BCUT2D eigenvalue weighted by Gasteiger charge is -2.36. The van der Waals surface area contributed by atoms with E-state index in [0.29, 0.717) is 75.3 Å². The number of imidazole rings is 1. The molecule has 1 saturated heterocycles. The zero-order chi connectivity index (χ0) is 74.6. The van der Waals surface area contributed by atoms with Gasteiger partial charge in [0.25, 0.3) is 0 Å². The fraction of sp³-hybridized carbons (Fsp3) is 0.411. The van der Waals surface area contributed by atoms with Gasteiger partial charge >= 0.3 is 5.97 Å². The van der Waals surface area contributed by atoms with Crippen LogP contribution in [0.3, 0.4) is 0 Å². The second kappa shape index (κ2) is 36.7. The van der Waals surface area contributed by atoms with Gasteiger partial charge in [-0.15, -0.1) is 12.3 Å². The number of hydrogen-bond donors (Lipinski definition) is 15. The van der Waals surface area contributed by atoms with Crippen molar-refractivity contribution in [2.45, 2.75) is 138 Å². The lowest BCUT2D eigenvalue weighted by Crippen LogP contribution is -2.60. The summed E-state index contributed by atoms with van der Waals surface area (Å²) in [7, 11) is 0. The van der Waals surface area contributed by atoms with Crippen molar-refractivity contribution in [3.05, 3.63) is 155 Å². The second-order valence-electron chi connectivity index (χ2n) is 26.5. The average molecular weight is 1470 g/mol. The van der Waals surface area contributed by atoms with Gasteiger partial charge in [-0.2, -0.15) is 23.5 Å². The topological polar surface area (TPSA) is 423 Å². The number of carbonyl (C=O) groups is 10. The highest BCUT2D eigenvalue weighted by Gasteiger charge is 2.50. The normalized spacial score (nSPS) is 22.5. The number of primary amides is 1. The van der Waals surface area contributed by atoms with Gasteiger partial charge in [-0.3, -0.25) is 47.9 Å². The molecule has 17 N–H and O–H groups in total. The van der Waals surface area contributed by atoms with Gasteiger partial charge < -0.3 is 84.1 Å². The first-order valence-electron chi connectivity index (χ1n) is 34.1. The van der Waals surface area contributed by atoms with E-state index in [0.717, 1.165) is 11.1 Å². The Kier molecular flexibility index (Phi) is 27.5. The number of unbranched alkanes of at least 4 members (excludes halogenated alkanes) is 1. The van der Waals surface area contributed by atoms with E-state index in [-0.39, 0.29) is 68.7 Å². The minimum Gasteiger partial charge on any atom is -0.508 e. The number of aromatic amines is 3. The number of terminal acetylenes is 1. The van der Waals surface area contributed by atoms with E-state index in [4.69, 9.17) is 17.9 Å². The maximum absolute atomic E-state index is 15.5. The molecule has 552 valence electrons. The molecule has 2 bridgehead atoms. The number of carbonyl (C=O) groups excluding carboxylic acids is 9. The third-order valence-electron chi connectivity index (χ3n) is 18.5. The molecule has 9 amide bonds. The van der Waals surface area contributed by atoms with Crippen LogP contribution in [0.2, 0.25) is 0 Å². The summed E-state index contributed by atoms with van der Waals surface area (Å²) in [6.07, 6.45) is 11.4. The number of rotatable bonds is 16. The molecule has 1 fully saturated rings. The zero-order valence-electron chi connectivity index (χ0n) is 57.5. The molecule has 0 aliphatic carbocycles. The molecule has 2 aliphatic heterocycles. The first-order valence-corrected chi connectivity index (χ1v) is 36.5. The van der Waals surface area contributed by atoms with Crippen molar-refractivity contribution < 1.29 is 66.9 Å². The minimum absolute atomic E-state index is 0.0118. The van der Waals surface area contributed by atoms with Gasteiger partial charge in [0.15, 0.2) is 0 Å². The number of benzene rings is 4. The first kappa shape index (κ1) is 77.9. The van der Waals surface area contributed by atoms with Crippen molar-refractivity contribution in [2.75, 3.05) is 37.7 Å². The van der Waals surface area contributed by atoms with E-state index in [2.05, 4.69) is 68.4 Å². The predicted molar refractivity (Wildman–Crippen MR) is 388 cm³/mol. The van der Waals surface area contributed by atoms with E-state index in [9.17, 15) is 48.2 Å². The number of thioether (sulfide) groups is 2. The Labute approximate surface area is 607 Å². The minimum atomic E-state index is -1.91. The summed E-state index contributed by atoms with van der Waals surface area (Å²) in [5.74, 6) is -6.79. The number of aliphatic carboxylic acids is 1. The highest BCUT2D eigenvalue weighted by molar-refractivity contribution is 7.98. The van der Waals surface area contributed by atoms with Crippen LogP contribution in [0.4, 0.5) is 8.78 Å². The molecule has 5 heterocycles. The van der Waals surface area contributed by atoms with Gasteiger partial charge in [0.1, 0.15) is 53.6 Å². The van der Waals surface area contributed by atoms with Crippen LogP contribution in [-0.2, 0) is 85.1 Å². The predicted octanol–water partition coefficient (Wildman–Crippen LogP) is 3.15. The van der Waals surface area contributed by atoms with Crippen molar-refractivity contribution >= 4 is 104 Å². The van der Waals surface area contributed by atoms with E-state index in [1.54, 1.807) is 26.0 Å². The molecular formula is C73H87F2N15O12S2. The number of phenols is 1. The number of fused-ring (bicyclic) bond motifs is 5. The molecule has 104 heavy (non-hydrogen) atoms. The number of nitrogens with zero attached hydrogens (tertiary/aromatic N) is 2. The maximum Gasteiger partial charge on any atom is 0.305 e. The van der Waals surface area contributed by atoms with Crippen LogP contribution in [0.15, 0.2) is 110 Å². The van der Waals surface area contributed by atoms with Crippen molar-refractivity contribution in [3.63, 3.8) is 0 Å². The molecule has 4 aromatic carbocycles. The van der Waals surface area contributed by atoms with Gasteiger partial charge in [-0.05, 0) is 129 Å². The number of amides is 9. The largest absolute Gasteiger partial charge is 0.508 e. The maximum atomic E-state index is 15.5. The lowest BCUT2D eigenvalue weighted by molar-refractivity contribution is -0.142. The third kappa shape index (κ3) is 21.6. The molecule has 9 atom stereocenters. The van der Waals surface area contributed by atoms with Crippen molar-refractivity contribution in [2.24, 2.45) is 22.8 Å². The number of phenolic OH excluding ortho intramolecular Hbond substituents is 1. The Bertz CT molecular complexity index is 4260. The van der Waals surface area contributed by atoms with Crippen LogP contribution < -0.4 is 54.0 Å². The summed E-state index contributed by atoms with van der Waals surface area (Å²) in [6, 6.07) is 10.4. The van der Waals surface area contributed by atoms with Crippen molar-refractivity contribution in [1.29, 1.82) is 0 Å². The molecule has 0 radical (unpaired) electrons. The number of nitrogens with one attached hydrogen (secondary N) is 11. The fourth-order valence-corrected chi connectivity index (χ4v) is 14.8. The molecule has 0 saturated carbocycles. The third-order valence-corrected chi connectivity index (χ3v) is 20.6. The smallest absolute Gasteiger partial charge is 0.305 e. The fourth-order valence-electron chi connectivity index (χ4n) is 12.9. The van der Waals surface area contributed by atoms with Crippen LogP contribution in [0.5, 0.6) is 5.75 Å². The van der Waals surface area contributed by atoms with Gasteiger partial charge in [-0.1, -0.05) is 36.4 Å². The number of aromatic nitrogens is 4. The molecule has 0 unspecified atom stereocenters. The molecule has 3 aromatic heterocycles. The van der Waals surface area contributed by atoms with E-state index >= 15 is 18.8 Å². The summed E-state index contributed by atoms with van der Waals surface area (Å²) >= 11 is 2.81. The first-order chi connectivity index (χ1) is 49.8. The van der Waals surface area contributed by atoms with Crippen molar-refractivity contribution in [3.8, 4) is 18.1 Å². The Hall–Kier alpha value is -10.3. The van der Waals surface area contributed by atoms with Gasteiger partial charge in [0.05, 0.1) is 25.3 Å².